The molecule has 1 aromatic heterocycles. The lowest BCUT2D eigenvalue weighted by Gasteiger charge is -2.30. The van der Waals surface area contributed by atoms with Gasteiger partial charge < -0.3 is 14.2 Å². The molecule has 7 nitrogen and oxygen atoms in total. The van der Waals surface area contributed by atoms with Gasteiger partial charge in [-0.25, -0.2) is 13.4 Å². The van der Waals surface area contributed by atoms with Gasteiger partial charge in [0.15, 0.2) is 0 Å². The maximum absolute atomic E-state index is 13.5. The Bertz CT molecular complexity index is 1430. The summed E-state index contributed by atoms with van der Waals surface area (Å²) in [6.07, 6.45) is -3.23. The van der Waals surface area contributed by atoms with Crippen LogP contribution in [0.1, 0.15) is 41.9 Å². The first-order chi connectivity index (χ1) is 18.1. The van der Waals surface area contributed by atoms with Gasteiger partial charge in [-0.05, 0) is 36.8 Å². The van der Waals surface area contributed by atoms with Crippen molar-refractivity contribution in [1.29, 1.82) is 0 Å². The summed E-state index contributed by atoms with van der Waals surface area (Å²) in [6.45, 7) is 1.16. The third-order valence-electron chi connectivity index (χ3n) is 6.47. The van der Waals surface area contributed by atoms with Crippen LogP contribution in [0.25, 0.3) is 0 Å². The van der Waals surface area contributed by atoms with Crippen LogP contribution in [0, 0.1) is 5.95 Å². The largest absolute Gasteiger partial charge is 0.493 e. The van der Waals surface area contributed by atoms with Crippen LogP contribution < -0.4 is 14.2 Å². The van der Waals surface area contributed by atoms with Gasteiger partial charge in [0.25, 0.3) is 10.0 Å². The minimum absolute atomic E-state index is 0.131. The van der Waals surface area contributed by atoms with Crippen molar-refractivity contribution in [3.05, 3.63) is 77.2 Å². The summed E-state index contributed by atoms with van der Waals surface area (Å²) in [5, 5.41) is 0. The quantitative estimate of drug-likeness (QED) is 0.321. The number of anilines is 1. The molecule has 1 saturated heterocycles. The molecule has 0 bridgehead atoms. The lowest BCUT2D eigenvalue weighted by Crippen LogP contribution is -2.27. The predicted octanol–water partition coefficient (Wildman–Crippen LogP) is 5.51. The molecule has 0 spiro atoms. The molecule has 0 saturated carbocycles. The van der Waals surface area contributed by atoms with Crippen molar-refractivity contribution in [2.45, 2.75) is 42.4 Å². The second kappa shape index (κ2) is 10.4. The van der Waals surface area contributed by atoms with Gasteiger partial charge >= 0.3 is 6.18 Å². The summed E-state index contributed by atoms with van der Waals surface area (Å²) in [4.78, 5) is 3.38. The number of nitrogens with zero attached hydrogens (tertiary/aromatic N) is 1. The second-order valence-corrected chi connectivity index (χ2v) is 10.7. The monoisotopic (exact) mass is 552 g/mol. The summed E-state index contributed by atoms with van der Waals surface area (Å²) >= 11 is 0. The normalized spacial score (nSPS) is 18.4. The number of halogens is 4. The zero-order valence-corrected chi connectivity index (χ0v) is 20.8. The number of nitrogens with one attached hydrogen (secondary N) is 1. The fraction of sp³-hybridized carbons (Fsp3) is 0.346. The van der Waals surface area contributed by atoms with E-state index in [1.54, 1.807) is 6.07 Å². The van der Waals surface area contributed by atoms with E-state index in [0.29, 0.717) is 43.6 Å². The van der Waals surface area contributed by atoms with Gasteiger partial charge in [0.1, 0.15) is 23.4 Å². The van der Waals surface area contributed by atoms with E-state index in [1.165, 1.54) is 30.3 Å². The van der Waals surface area contributed by atoms with E-state index in [4.69, 9.17) is 14.2 Å². The van der Waals surface area contributed by atoms with E-state index in [-0.39, 0.29) is 40.8 Å². The molecule has 0 amide bonds. The molecule has 5 rings (SSSR count). The first-order valence-corrected chi connectivity index (χ1v) is 13.5. The Hall–Kier alpha value is -3.38. The van der Waals surface area contributed by atoms with Gasteiger partial charge in [0.05, 0.1) is 30.3 Å². The Balaban J connectivity index is 1.48. The van der Waals surface area contributed by atoms with Gasteiger partial charge in [-0.2, -0.15) is 17.6 Å². The van der Waals surface area contributed by atoms with Crippen molar-refractivity contribution in [2.75, 3.05) is 24.5 Å². The van der Waals surface area contributed by atoms with Crippen molar-refractivity contribution >= 4 is 15.8 Å². The molecule has 2 aliphatic rings. The SMILES string of the molecule is O=S(=O)(Nc1cccc(F)n1)c1ccc2c(c1)OCCC2c1ccc(C(F)(F)F)cc1OC1CCOCC1. The van der Waals surface area contributed by atoms with Crippen LogP contribution in [0.5, 0.6) is 11.5 Å². The Kier molecular flexibility index (Phi) is 7.19. The summed E-state index contributed by atoms with van der Waals surface area (Å²) in [6, 6.07) is 11.5. The molecule has 2 aromatic carbocycles. The van der Waals surface area contributed by atoms with Crippen LogP contribution in [-0.2, 0) is 20.9 Å². The molecule has 0 aliphatic carbocycles. The average Bonchev–Trinajstić information content (AvgIpc) is 2.88. The van der Waals surface area contributed by atoms with E-state index < -0.39 is 27.7 Å². The van der Waals surface area contributed by atoms with Gasteiger partial charge in [-0.3, -0.25) is 4.72 Å². The molecule has 2 aliphatic heterocycles. The van der Waals surface area contributed by atoms with Crippen molar-refractivity contribution in [2.24, 2.45) is 0 Å². The average molecular weight is 553 g/mol. The molecule has 1 atom stereocenters. The number of aromatic nitrogens is 1. The Labute approximate surface area is 216 Å². The standard InChI is InChI=1S/C26H24F4N2O5S/c27-24-2-1-3-25(31-24)32-38(33,34)18-5-7-20-19(10-13-36-22(20)15-18)21-6-4-16(26(28,29)30)14-23(21)37-17-8-11-35-12-9-17/h1-7,14-15,17,19H,8-13H2,(H,31,32). The number of fused-ring (bicyclic) bond motifs is 1. The molecule has 38 heavy (non-hydrogen) atoms. The Morgan fingerprint density at radius 3 is 2.45 bits per heavy atom. The highest BCUT2D eigenvalue weighted by Crippen LogP contribution is 2.44. The van der Waals surface area contributed by atoms with Gasteiger partial charge in [-0.1, -0.05) is 18.2 Å². The first-order valence-electron chi connectivity index (χ1n) is 12.0. The highest BCUT2D eigenvalue weighted by Gasteiger charge is 2.34. The lowest BCUT2D eigenvalue weighted by molar-refractivity contribution is -0.137. The van der Waals surface area contributed by atoms with Crippen LogP contribution in [0.4, 0.5) is 23.4 Å². The molecule has 0 radical (unpaired) electrons. The van der Waals surface area contributed by atoms with Crippen molar-refractivity contribution in [1.82, 2.24) is 4.98 Å². The number of hydrogen-bond acceptors (Lipinski definition) is 6. The number of benzene rings is 2. The molecule has 12 heteroatoms. The van der Waals surface area contributed by atoms with E-state index in [9.17, 15) is 26.0 Å². The molecule has 1 fully saturated rings. The minimum atomic E-state index is -4.54. The van der Waals surface area contributed by atoms with Crippen LogP contribution in [0.15, 0.2) is 59.5 Å². The fourth-order valence-corrected chi connectivity index (χ4v) is 5.61. The van der Waals surface area contributed by atoms with Crippen molar-refractivity contribution < 1.29 is 40.2 Å². The maximum Gasteiger partial charge on any atom is 0.416 e. The van der Waals surface area contributed by atoms with E-state index >= 15 is 0 Å². The van der Waals surface area contributed by atoms with Crippen LogP contribution in [0.2, 0.25) is 0 Å². The van der Waals surface area contributed by atoms with Gasteiger partial charge in [0, 0.05) is 36.0 Å². The summed E-state index contributed by atoms with van der Waals surface area (Å²) in [5.41, 5.74) is 0.372. The molecular formula is C26H24F4N2O5S. The fourth-order valence-electron chi connectivity index (χ4n) is 4.60. The van der Waals surface area contributed by atoms with Gasteiger partial charge in [-0.15, -0.1) is 0 Å². The maximum atomic E-state index is 13.5. The first kappa shape index (κ1) is 26.2. The van der Waals surface area contributed by atoms with Crippen LogP contribution >= 0.6 is 0 Å². The summed E-state index contributed by atoms with van der Waals surface area (Å²) < 4.78 is 99.1. The number of ether oxygens (including phenoxy) is 3. The van der Waals surface area contributed by atoms with Crippen molar-refractivity contribution in [3.8, 4) is 11.5 Å². The molecule has 3 aromatic rings. The predicted molar refractivity (Wildman–Crippen MR) is 129 cm³/mol. The molecule has 3 heterocycles. The summed E-state index contributed by atoms with van der Waals surface area (Å²) in [5.74, 6) is -0.975. The van der Waals surface area contributed by atoms with E-state index in [1.807, 2.05) is 0 Å². The number of hydrogen-bond donors (Lipinski definition) is 1. The Morgan fingerprint density at radius 2 is 1.71 bits per heavy atom. The zero-order valence-electron chi connectivity index (χ0n) is 20.0. The van der Waals surface area contributed by atoms with Gasteiger partial charge in [0.2, 0.25) is 5.95 Å². The molecule has 1 N–H and O–H groups in total. The highest BCUT2D eigenvalue weighted by molar-refractivity contribution is 7.92. The third-order valence-corrected chi connectivity index (χ3v) is 7.82. The van der Waals surface area contributed by atoms with Crippen LogP contribution in [-0.4, -0.2) is 39.3 Å². The third kappa shape index (κ3) is 5.70. The smallest absolute Gasteiger partial charge is 0.416 e. The topological polar surface area (TPSA) is 86.8 Å². The molecule has 1 unspecified atom stereocenters. The minimum Gasteiger partial charge on any atom is -0.493 e. The molecule has 202 valence electrons. The Morgan fingerprint density at radius 1 is 0.947 bits per heavy atom. The lowest BCUT2D eigenvalue weighted by atomic mass is 9.85. The number of rotatable bonds is 6. The number of sulfonamides is 1. The highest BCUT2D eigenvalue weighted by atomic mass is 32.2. The number of pyridine rings is 1. The zero-order chi connectivity index (χ0) is 26.9. The van der Waals surface area contributed by atoms with Crippen LogP contribution in [0.3, 0.4) is 0 Å². The van der Waals surface area contributed by atoms with E-state index in [0.717, 1.165) is 18.2 Å². The molecular weight excluding hydrogens is 528 g/mol. The second-order valence-electron chi connectivity index (χ2n) is 9.02. The van der Waals surface area contributed by atoms with Crippen molar-refractivity contribution in [3.63, 3.8) is 0 Å². The summed E-state index contributed by atoms with van der Waals surface area (Å²) in [7, 11) is -4.12. The van der Waals surface area contributed by atoms with E-state index in [2.05, 4.69) is 9.71 Å². The number of alkyl halides is 3.